The number of anilines is 1. The molecule has 2 heterocycles. The van der Waals surface area contributed by atoms with E-state index in [4.69, 9.17) is 0 Å². The molecule has 1 aliphatic heterocycles. The van der Waals surface area contributed by atoms with Crippen LogP contribution >= 0.6 is 0 Å². The average molecular weight is 403 g/mol. The van der Waals surface area contributed by atoms with Crippen LogP contribution in [0.15, 0.2) is 42.6 Å². The Kier molecular flexibility index (Phi) is 6.74. The van der Waals surface area contributed by atoms with Gasteiger partial charge in [-0.15, -0.1) is 0 Å². The second-order valence-electron chi connectivity index (χ2n) is 7.04. The lowest BCUT2D eigenvalue weighted by molar-refractivity contribution is -0.133. The van der Waals surface area contributed by atoms with Gasteiger partial charge < -0.3 is 15.0 Å². The number of rotatable bonds is 6. The third kappa shape index (κ3) is 5.73. The molecule has 1 saturated heterocycles. The van der Waals surface area contributed by atoms with E-state index in [1.165, 1.54) is 12.1 Å². The van der Waals surface area contributed by atoms with Crippen LogP contribution in [-0.2, 0) is 16.0 Å². The number of hydrogen-bond donors (Lipinski definition) is 1. The van der Waals surface area contributed by atoms with E-state index in [1.807, 2.05) is 13.0 Å². The van der Waals surface area contributed by atoms with E-state index in [0.717, 1.165) is 12.0 Å². The van der Waals surface area contributed by atoms with Gasteiger partial charge in [0.1, 0.15) is 11.6 Å². The van der Waals surface area contributed by atoms with E-state index in [2.05, 4.69) is 15.0 Å². The molecule has 1 atom stereocenters. The fraction of sp³-hybridized carbons (Fsp3) is 0.381. The summed E-state index contributed by atoms with van der Waals surface area (Å²) in [6.07, 6.45) is 3.22. The summed E-state index contributed by atoms with van der Waals surface area (Å²) in [5.41, 5.74) is 1.58. The Labute approximate surface area is 167 Å². The lowest BCUT2D eigenvalue weighted by Gasteiger charge is -2.32. The molecule has 3 rings (SSSR count). The van der Waals surface area contributed by atoms with Gasteiger partial charge in [-0.3, -0.25) is 9.59 Å². The summed E-state index contributed by atoms with van der Waals surface area (Å²) >= 11 is 0. The van der Waals surface area contributed by atoms with Crippen molar-refractivity contribution < 1.29 is 23.1 Å². The minimum atomic E-state index is -2.88. The molecule has 1 aliphatic rings. The molecule has 1 fully saturated rings. The molecule has 2 aromatic rings. The standard InChI is InChI=1S/C21H23F2N3O3/c1-14-4-2-10-24-19(14)25-20(28)16-5-3-11-26(13-16)18(27)12-15-6-8-17(9-7-15)29-21(22)23/h2,4,6-10,16,21H,3,5,11-13H2,1H3,(H,24,25,28). The van der Waals surface area contributed by atoms with Crippen molar-refractivity contribution in [1.82, 2.24) is 9.88 Å². The number of pyridine rings is 1. The van der Waals surface area contributed by atoms with Gasteiger partial charge in [0, 0.05) is 19.3 Å². The summed E-state index contributed by atoms with van der Waals surface area (Å²) in [6, 6.07) is 9.68. The zero-order valence-corrected chi connectivity index (χ0v) is 16.1. The molecular formula is C21H23F2N3O3. The van der Waals surface area contributed by atoms with Crippen molar-refractivity contribution in [3.05, 3.63) is 53.7 Å². The molecule has 0 aliphatic carbocycles. The molecule has 8 heteroatoms. The molecule has 2 amide bonds. The SMILES string of the molecule is Cc1cccnc1NC(=O)C1CCCN(C(=O)Cc2ccc(OC(F)F)cc2)C1. The predicted octanol–water partition coefficient (Wildman–Crippen LogP) is 3.41. The number of ether oxygens (including phenoxy) is 1. The Balaban J connectivity index is 1.56. The van der Waals surface area contributed by atoms with Crippen LogP contribution in [0.4, 0.5) is 14.6 Å². The second kappa shape index (κ2) is 9.45. The molecular weight excluding hydrogens is 380 g/mol. The largest absolute Gasteiger partial charge is 0.435 e. The summed E-state index contributed by atoms with van der Waals surface area (Å²) < 4.78 is 28.7. The number of carbonyl (C=O) groups excluding carboxylic acids is 2. The number of nitrogens with one attached hydrogen (secondary N) is 1. The van der Waals surface area contributed by atoms with Crippen LogP contribution in [0.2, 0.25) is 0 Å². The van der Waals surface area contributed by atoms with Gasteiger partial charge in [-0.05, 0) is 49.1 Å². The Hall–Kier alpha value is -3.03. The fourth-order valence-corrected chi connectivity index (χ4v) is 3.33. The van der Waals surface area contributed by atoms with Crippen LogP contribution in [0.25, 0.3) is 0 Å². The summed E-state index contributed by atoms with van der Waals surface area (Å²) in [6.45, 7) is -0.0634. The van der Waals surface area contributed by atoms with E-state index in [0.29, 0.717) is 30.9 Å². The topological polar surface area (TPSA) is 71.5 Å². The first-order valence-electron chi connectivity index (χ1n) is 9.46. The zero-order valence-electron chi connectivity index (χ0n) is 16.1. The third-order valence-electron chi connectivity index (χ3n) is 4.90. The van der Waals surface area contributed by atoms with E-state index in [-0.39, 0.29) is 29.9 Å². The van der Waals surface area contributed by atoms with E-state index in [9.17, 15) is 18.4 Å². The number of alkyl halides is 2. The molecule has 1 unspecified atom stereocenters. The molecule has 1 aromatic heterocycles. The molecule has 0 bridgehead atoms. The van der Waals surface area contributed by atoms with Crippen LogP contribution in [0.1, 0.15) is 24.0 Å². The number of benzene rings is 1. The molecule has 1 aromatic carbocycles. The highest BCUT2D eigenvalue weighted by Gasteiger charge is 2.28. The molecule has 0 saturated carbocycles. The minimum Gasteiger partial charge on any atom is -0.435 e. The van der Waals surface area contributed by atoms with Gasteiger partial charge in [-0.25, -0.2) is 4.98 Å². The lowest BCUT2D eigenvalue weighted by Crippen LogP contribution is -2.44. The van der Waals surface area contributed by atoms with Gasteiger partial charge >= 0.3 is 6.61 Å². The predicted molar refractivity (Wildman–Crippen MR) is 104 cm³/mol. The number of aromatic nitrogens is 1. The molecule has 0 spiro atoms. The Bertz CT molecular complexity index is 859. The third-order valence-corrected chi connectivity index (χ3v) is 4.90. The first-order valence-corrected chi connectivity index (χ1v) is 9.46. The highest BCUT2D eigenvalue weighted by Crippen LogP contribution is 2.21. The number of hydrogen-bond acceptors (Lipinski definition) is 4. The maximum Gasteiger partial charge on any atom is 0.387 e. The quantitative estimate of drug-likeness (QED) is 0.802. The number of amides is 2. The van der Waals surface area contributed by atoms with Crippen LogP contribution < -0.4 is 10.1 Å². The highest BCUT2D eigenvalue weighted by molar-refractivity contribution is 5.93. The number of nitrogens with zero attached hydrogens (tertiary/aromatic N) is 2. The normalized spacial score (nSPS) is 16.6. The van der Waals surface area contributed by atoms with Gasteiger partial charge in [0.25, 0.3) is 0 Å². The molecule has 0 radical (unpaired) electrons. The summed E-state index contributed by atoms with van der Waals surface area (Å²) in [5, 5.41) is 2.85. The molecule has 1 N–H and O–H groups in total. The first kappa shape index (κ1) is 20.7. The van der Waals surface area contributed by atoms with Crippen LogP contribution in [0, 0.1) is 12.8 Å². The van der Waals surface area contributed by atoms with Gasteiger partial charge in [0.2, 0.25) is 11.8 Å². The summed E-state index contributed by atoms with van der Waals surface area (Å²) in [5.74, 6) is 0.0514. The van der Waals surface area contributed by atoms with Gasteiger partial charge in [-0.1, -0.05) is 18.2 Å². The number of likely N-dealkylation sites (tertiary alicyclic amines) is 1. The Morgan fingerprint density at radius 2 is 2.03 bits per heavy atom. The van der Waals surface area contributed by atoms with E-state index < -0.39 is 6.61 Å². The van der Waals surface area contributed by atoms with Gasteiger partial charge in [0.05, 0.1) is 12.3 Å². The monoisotopic (exact) mass is 403 g/mol. The van der Waals surface area contributed by atoms with Crippen molar-refractivity contribution in [2.45, 2.75) is 32.8 Å². The van der Waals surface area contributed by atoms with Crippen molar-refractivity contribution >= 4 is 17.6 Å². The van der Waals surface area contributed by atoms with Gasteiger partial charge in [-0.2, -0.15) is 8.78 Å². The number of piperidine rings is 1. The smallest absolute Gasteiger partial charge is 0.387 e. The molecule has 6 nitrogen and oxygen atoms in total. The van der Waals surface area contributed by atoms with Crippen LogP contribution in [-0.4, -0.2) is 41.4 Å². The van der Waals surface area contributed by atoms with Gasteiger partial charge in [0.15, 0.2) is 0 Å². The van der Waals surface area contributed by atoms with Crippen molar-refractivity contribution in [1.29, 1.82) is 0 Å². The lowest BCUT2D eigenvalue weighted by atomic mass is 9.96. The summed E-state index contributed by atoms with van der Waals surface area (Å²) in [4.78, 5) is 31.1. The van der Waals surface area contributed by atoms with Crippen molar-refractivity contribution in [2.75, 3.05) is 18.4 Å². The second-order valence-corrected chi connectivity index (χ2v) is 7.04. The fourth-order valence-electron chi connectivity index (χ4n) is 3.33. The minimum absolute atomic E-state index is 0.0516. The molecule has 29 heavy (non-hydrogen) atoms. The zero-order chi connectivity index (χ0) is 20.8. The van der Waals surface area contributed by atoms with Crippen molar-refractivity contribution in [2.24, 2.45) is 5.92 Å². The maximum atomic E-state index is 12.6. The number of carbonyl (C=O) groups is 2. The van der Waals surface area contributed by atoms with Crippen LogP contribution in [0.3, 0.4) is 0 Å². The van der Waals surface area contributed by atoms with E-state index >= 15 is 0 Å². The van der Waals surface area contributed by atoms with Crippen molar-refractivity contribution in [3.63, 3.8) is 0 Å². The number of aryl methyl sites for hydroxylation is 1. The van der Waals surface area contributed by atoms with E-state index in [1.54, 1.807) is 29.3 Å². The maximum absolute atomic E-state index is 12.6. The highest BCUT2D eigenvalue weighted by atomic mass is 19.3. The average Bonchev–Trinajstić information content (AvgIpc) is 2.71. The Morgan fingerprint density at radius 1 is 1.28 bits per heavy atom. The molecule has 154 valence electrons. The van der Waals surface area contributed by atoms with Crippen molar-refractivity contribution in [3.8, 4) is 5.75 Å². The first-order chi connectivity index (χ1) is 13.9. The summed E-state index contributed by atoms with van der Waals surface area (Å²) in [7, 11) is 0. The Morgan fingerprint density at radius 3 is 2.72 bits per heavy atom. The van der Waals surface area contributed by atoms with Crippen LogP contribution in [0.5, 0.6) is 5.75 Å². The number of halogens is 2.